The van der Waals surface area contributed by atoms with Gasteiger partial charge >= 0.3 is 6.18 Å². The molecule has 6 nitrogen and oxygen atoms in total. The third-order valence-corrected chi connectivity index (χ3v) is 10.2. The van der Waals surface area contributed by atoms with E-state index in [1.807, 2.05) is 22.9 Å². The molecule has 47 heavy (non-hydrogen) atoms. The summed E-state index contributed by atoms with van der Waals surface area (Å²) in [5, 5.41) is 6.18. The lowest BCUT2D eigenvalue weighted by Crippen LogP contribution is -2.26. The van der Waals surface area contributed by atoms with Gasteiger partial charge in [0.15, 0.2) is 0 Å². The number of alkyl halides is 3. The highest BCUT2D eigenvalue weighted by atomic mass is 35.5. The molecule has 6 N–H and O–H groups in total. The summed E-state index contributed by atoms with van der Waals surface area (Å²) in [4.78, 5) is 1.75. The molecule has 0 atom stereocenters. The van der Waals surface area contributed by atoms with Crippen LogP contribution in [0.3, 0.4) is 0 Å². The van der Waals surface area contributed by atoms with E-state index in [4.69, 9.17) is 34.0 Å². The Morgan fingerprint density at radius 1 is 0.936 bits per heavy atom. The normalized spacial score (nSPS) is 13.7. The number of nitrogens with one attached hydrogen (secondary N) is 1. The SMILES string of the molecule is N.NCCCCCCc1nn(-c2ccc(Cl)cc2Cl)c(-c2ccc(C#Cc3ccc(C(F)(F)F)cc3)s2)c1CNSN1CCCCC1. The van der Waals surface area contributed by atoms with Crippen LogP contribution in [0.25, 0.3) is 16.3 Å². The van der Waals surface area contributed by atoms with Gasteiger partial charge in [0.25, 0.3) is 0 Å². The zero-order valence-corrected chi connectivity index (χ0v) is 29.2. The van der Waals surface area contributed by atoms with Crippen LogP contribution in [0.4, 0.5) is 13.2 Å². The van der Waals surface area contributed by atoms with Gasteiger partial charge in [0.2, 0.25) is 0 Å². The number of piperidine rings is 1. The number of nitrogens with zero attached hydrogens (tertiary/aromatic N) is 3. The predicted molar refractivity (Wildman–Crippen MR) is 190 cm³/mol. The van der Waals surface area contributed by atoms with E-state index >= 15 is 0 Å². The van der Waals surface area contributed by atoms with Crippen molar-refractivity contribution >= 4 is 46.7 Å². The topological polar surface area (TPSA) is 94.1 Å². The van der Waals surface area contributed by atoms with Gasteiger partial charge in [0, 0.05) is 47.9 Å². The lowest BCUT2D eigenvalue weighted by atomic mass is 10.1. The largest absolute Gasteiger partial charge is 0.416 e. The van der Waals surface area contributed by atoms with Crippen LogP contribution >= 0.6 is 46.7 Å². The molecule has 252 valence electrons. The van der Waals surface area contributed by atoms with E-state index in [1.54, 1.807) is 24.3 Å². The van der Waals surface area contributed by atoms with E-state index in [2.05, 4.69) is 20.9 Å². The molecule has 4 aromatic rings. The third kappa shape index (κ3) is 10.2. The van der Waals surface area contributed by atoms with Crippen molar-refractivity contribution in [1.82, 2.24) is 25.0 Å². The number of halogens is 5. The molecule has 5 rings (SSSR count). The molecule has 0 unspecified atom stereocenters. The van der Waals surface area contributed by atoms with Crippen molar-refractivity contribution in [3.63, 3.8) is 0 Å². The Kier molecular flexibility index (Phi) is 14.1. The minimum atomic E-state index is -4.38. The highest BCUT2D eigenvalue weighted by Crippen LogP contribution is 2.37. The summed E-state index contributed by atoms with van der Waals surface area (Å²) >= 11 is 16.2. The molecule has 0 amide bonds. The first kappa shape index (κ1) is 37.3. The van der Waals surface area contributed by atoms with Gasteiger partial charge in [-0.2, -0.15) is 18.3 Å². The Morgan fingerprint density at radius 3 is 2.38 bits per heavy atom. The zero-order chi connectivity index (χ0) is 32.5. The van der Waals surface area contributed by atoms with E-state index in [1.165, 1.54) is 42.7 Å². The van der Waals surface area contributed by atoms with Crippen LogP contribution in [-0.4, -0.2) is 33.7 Å². The number of nitrogens with two attached hydrogens (primary N) is 1. The van der Waals surface area contributed by atoms with Gasteiger partial charge < -0.3 is 11.9 Å². The molecule has 0 saturated carbocycles. The van der Waals surface area contributed by atoms with E-state index in [0.717, 1.165) is 89.7 Å². The van der Waals surface area contributed by atoms with Crippen molar-refractivity contribution in [3.05, 3.63) is 91.9 Å². The van der Waals surface area contributed by atoms with E-state index in [-0.39, 0.29) is 6.15 Å². The minimum Gasteiger partial charge on any atom is -0.344 e. The highest BCUT2D eigenvalue weighted by molar-refractivity contribution is 7.95. The molecule has 0 radical (unpaired) electrons. The summed E-state index contributed by atoms with van der Waals surface area (Å²) in [5.41, 5.74) is 9.29. The van der Waals surface area contributed by atoms with Gasteiger partial charge in [-0.15, -0.1) is 11.3 Å². The first-order valence-electron chi connectivity index (χ1n) is 15.4. The number of aryl methyl sites for hydroxylation is 1. The Bertz CT molecular complexity index is 1650. The van der Waals surface area contributed by atoms with Crippen molar-refractivity contribution in [2.75, 3.05) is 19.6 Å². The number of thiophene rings is 1. The van der Waals surface area contributed by atoms with Crippen molar-refractivity contribution in [1.29, 1.82) is 0 Å². The van der Waals surface area contributed by atoms with Crippen molar-refractivity contribution in [2.45, 2.75) is 64.1 Å². The average molecular weight is 724 g/mol. The molecule has 1 saturated heterocycles. The summed E-state index contributed by atoms with van der Waals surface area (Å²) in [5.74, 6) is 6.14. The van der Waals surface area contributed by atoms with E-state index in [9.17, 15) is 13.2 Å². The number of aromatic nitrogens is 2. The molecular weight excluding hydrogens is 684 g/mol. The number of benzene rings is 2. The first-order valence-corrected chi connectivity index (χ1v) is 17.8. The van der Waals surface area contributed by atoms with Crippen LogP contribution in [0, 0.1) is 11.8 Å². The second-order valence-electron chi connectivity index (χ2n) is 11.1. The number of rotatable bonds is 12. The second-order valence-corrected chi connectivity index (χ2v) is 14.0. The lowest BCUT2D eigenvalue weighted by molar-refractivity contribution is -0.137. The molecule has 0 spiro atoms. The van der Waals surface area contributed by atoms with Gasteiger partial charge in [-0.1, -0.05) is 54.3 Å². The molecule has 0 aliphatic carbocycles. The fourth-order valence-electron chi connectivity index (χ4n) is 5.31. The summed E-state index contributed by atoms with van der Waals surface area (Å²) in [6, 6.07) is 14.3. The molecule has 2 aromatic carbocycles. The van der Waals surface area contributed by atoms with Crippen molar-refractivity contribution in [3.8, 4) is 28.1 Å². The molecule has 2 aromatic heterocycles. The van der Waals surface area contributed by atoms with Crippen LogP contribution < -0.4 is 16.6 Å². The third-order valence-electron chi connectivity index (χ3n) is 7.71. The molecule has 1 aliphatic rings. The van der Waals surface area contributed by atoms with Crippen LogP contribution in [-0.2, 0) is 19.1 Å². The Morgan fingerprint density at radius 2 is 1.68 bits per heavy atom. The molecule has 0 bridgehead atoms. The predicted octanol–water partition coefficient (Wildman–Crippen LogP) is 9.69. The van der Waals surface area contributed by atoms with E-state index in [0.29, 0.717) is 28.7 Å². The Hall–Kier alpha value is -2.53. The summed E-state index contributed by atoms with van der Waals surface area (Å²) in [7, 11) is 0. The standard InChI is InChI=1S/C34H36Cl2F3N5S2.H3N/c35-26-14-17-31(29(36)22-26)44-33(32-18-16-27(45-32)15-11-24-9-12-25(13-10-24)34(37,38)39)28(23-41-46-43-20-6-3-7-21-43)30(42-44)8-4-1-2-5-19-40;/h9-10,12-14,16-18,22,41H,1-8,19-21,23,40H2;1H3. The minimum absolute atomic E-state index is 0. The molecule has 1 aliphatic heterocycles. The number of unbranched alkanes of at least 4 members (excludes halogenated alkanes) is 3. The quantitative estimate of drug-likeness (QED) is 0.0766. The van der Waals surface area contributed by atoms with Gasteiger partial charge in [0.1, 0.15) is 0 Å². The molecular formula is C34H39Cl2F3N6S2. The second kappa shape index (κ2) is 17.7. The van der Waals surface area contributed by atoms with Crippen LogP contribution in [0.15, 0.2) is 54.6 Å². The monoisotopic (exact) mass is 722 g/mol. The Balaban J connectivity index is 0.00000500. The number of hydrogen-bond donors (Lipinski definition) is 3. The fraction of sp³-hybridized carbons (Fsp3) is 0.382. The fourth-order valence-corrected chi connectivity index (χ4v) is 7.55. The van der Waals surface area contributed by atoms with Crippen molar-refractivity contribution in [2.24, 2.45) is 5.73 Å². The highest BCUT2D eigenvalue weighted by Gasteiger charge is 2.30. The first-order chi connectivity index (χ1) is 22.2. The van der Waals surface area contributed by atoms with Gasteiger partial charge in [-0.3, -0.25) is 0 Å². The Labute approximate surface area is 293 Å². The van der Waals surface area contributed by atoms with E-state index < -0.39 is 11.7 Å². The summed E-state index contributed by atoms with van der Waals surface area (Å²) in [6.07, 6.45) is 4.25. The summed E-state index contributed by atoms with van der Waals surface area (Å²) < 4.78 is 46.9. The maximum Gasteiger partial charge on any atom is 0.416 e. The van der Waals surface area contributed by atoms with Crippen molar-refractivity contribution < 1.29 is 13.2 Å². The summed E-state index contributed by atoms with van der Waals surface area (Å²) in [6.45, 7) is 3.41. The van der Waals surface area contributed by atoms with Crippen LogP contribution in [0.1, 0.15) is 72.2 Å². The molecule has 3 heterocycles. The zero-order valence-electron chi connectivity index (χ0n) is 26.0. The number of hydrogen-bond acceptors (Lipinski definition) is 7. The van der Waals surface area contributed by atoms with Gasteiger partial charge in [0.05, 0.1) is 37.4 Å². The maximum atomic E-state index is 13.0. The smallest absolute Gasteiger partial charge is 0.344 e. The lowest BCUT2D eigenvalue weighted by Gasteiger charge is -2.25. The average Bonchev–Trinajstić information content (AvgIpc) is 3.65. The molecule has 1 fully saturated rings. The van der Waals surface area contributed by atoms with Crippen LogP contribution in [0.5, 0.6) is 0 Å². The van der Waals surface area contributed by atoms with Gasteiger partial charge in [-0.25, -0.2) is 13.7 Å². The van der Waals surface area contributed by atoms with Crippen LogP contribution in [0.2, 0.25) is 10.0 Å². The van der Waals surface area contributed by atoms with Gasteiger partial charge in [-0.05, 0) is 93.2 Å². The molecule has 13 heteroatoms. The maximum absolute atomic E-state index is 13.0.